The summed E-state index contributed by atoms with van der Waals surface area (Å²) in [4.78, 5) is 0.265. The minimum absolute atomic E-state index is 0.265. The van der Waals surface area contributed by atoms with Gasteiger partial charge < -0.3 is 5.73 Å². The van der Waals surface area contributed by atoms with Gasteiger partial charge in [-0.05, 0) is 41.8 Å². The largest absolute Gasteiger partial charge is 0.324 e. The highest BCUT2D eigenvalue weighted by Crippen LogP contribution is 2.24. The van der Waals surface area contributed by atoms with Crippen molar-refractivity contribution < 1.29 is 12.8 Å². The zero-order valence-electron chi connectivity index (χ0n) is 11.4. The van der Waals surface area contributed by atoms with Gasteiger partial charge in [0, 0.05) is 16.8 Å². The highest BCUT2D eigenvalue weighted by molar-refractivity contribution is 9.10. The molecule has 1 atom stereocenters. The summed E-state index contributed by atoms with van der Waals surface area (Å²) in [6, 6.07) is 10.7. The molecule has 112 valence electrons. The van der Waals surface area contributed by atoms with Gasteiger partial charge in [-0.3, -0.25) is 0 Å². The van der Waals surface area contributed by atoms with E-state index in [0.717, 1.165) is 17.4 Å². The van der Waals surface area contributed by atoms with Crippen LogP contribution >= 0.6 is 15.9 Å². The van der Waals surface area contributed by atoms with Crippen molar-refractivity contribution in [3.63, 3.8) is 0 Å². The van der Waals surface area contributed by atoms with Crippen molar-refractivity contribution in [1.82, 2.24) is 0 Å². The maximum absolute atomic E-state index is 13.0. The van der Waals surface area contributed by atoms with Gasteiger partial charge in [-0.1, -0.05) is 34.1 Å². The number of rotatable bonds is 4. The minimum Gasteiger partial charge on any atom is -0.324 e. The van der Waals surface area contributed by atoms with E-state index in [9.17, 15) is 12.8 Å². The van der Waals surface area contributed by atoms with Crippen molar-refractivity contribution in [1.29, 1.82) is 0 Å². The lowest BCUT2D eigenvalue weighted by Gasteiger charge is -2.14. The minimum atomic E-state index is -3.21. The fourth-order valence-corrected chi connectivity index (χ4v) is 3.15. The van der Waals surface area contributed by atoms with E-state index in [1.807, 2.05) is 0 Å². The lowest BCUT2D eigenvalue weighted by atomic mass is 10.00. The number of hydrogen-bond donors (Lipinski definition) is 1. The van der Waals surface area contributed by atoms with Crippen LogP contribution < -0.4 is 5.73 Å². The van der Waals surface area contributed by atoms with Crippen LogP contribution in [-0.4, -0.2) is 14.7 Å². The zero-order valence-corrected chi connectivity index (χ0v) is 13.8. The highest BCUT2D eigenvalue weighted by atomic mass is 79.9. The molecule has 0 bridgehead atoms. The van der Waals surface area contributed by atoms with Crippen LogP contribution in [-0.2, 0) is 16.3 Å². The fraction of sp³-hybridized carbons (Fsp3) is 0.200. The van der Waals surface area contributed by atoms with Crippen LogP contribution in [0.4, 0.5) is 4.39 Å². The van der Waals surface area contributed by atoms with E-state index in [-0.39, 0.29) is 16.8 Å². The molecule has 0 aliphatic heterocycles. The third kappa shape index (κ3) is 4.12. The second-order valence-electron chi connectivity index (χ2n) is 4.89. The third-order valence-electron chi connectivity index (χ3n) is 3.19. The topological polar surface area (TPSA) is 60.2 Å². The summed E-state index contributed by atoms with van der Waals surface area (Å²) in [5, 5.41) is 0. The van der Waals surface area contributed by atoms with E-state index in [2.05, 4.69) is 15.9 Å². The van der Waals surface area contributed by atoms with Crippen LogP contribution in [0.15, 0.2) is 51.8 Å². The molecular weight excluding hydrogens is 357 g/mol. The van der Waals surface area contributed by atoms with Crippen molar-refractivity contribution in [2.45, 2.75) is 17.4 Å². The number of nitrogens with two attached hydrogens (primary N) is 1. The smallest absolute Gasteiger partial charge is 0.175 e. The average Bonchev–Trinajstić information content (AvgIpc) is 2.41. The molecule has 0 aliphatic carbocycles. The summed E-state index contributed by atoms with van der Waals surface area (Å²) < 4.78 is 36.5. The van der Waals surface area contributed by atoms with E-state index in [4.69, 9.17) is 5.73 Å². The van der Waals surface area contributed by atoms with E-state index in [1.54, 1.807) is 30.3 Å². The molecule has 2 rings (SSSR count). The Balaban J connectivity index is 2.18. The fourth-order valence-electron chi connectivity index (χ4n) is 2.00. The molecule has 0 saturated carbocycles. The third-order valence-corrected chi connectivity index (χ3v) is 5.06. The Morgan fingerprint density at radius 1 is 1.19 bits per heavy atom. The number of hydrogen-bond acceptors (Lipinski definition) is 3. The van der Waals surface area contributed by atoms with Crippen LogP contribution in [0.3, 0.4) is 0 Å². The van der Waals surface area contributed by atoms with Crippen molar-refractivity contribution in [2.24, 2.45) is 5.73 Å². The maximum Gasteiger partial charge on any atom is 0.175 e. The average molecular weight is 372 g/mol. The van der Waals surface area contributed by atoms with Gasteiger partial charge >= 0.3 is 0 Å². The SMILES string of the molecule is CS(=O)(=O)c1ccc(C(N)Cc2ccc(F)cc2Br)cc1. The van der Waals surface area contributed by atoms with E-state index in [0.29, 0.717) is 10.9 Å². The second kappa shape index (κ2) is 6.25. The first kappa shape index (κ1) is 16.1. The Bertz CT molecular complexity index is 745. The van der Waals surface area contributed by atoms with Crippen LogP contribution in [0.5, 0.6) is 0 Å². The summed E-state index contributed by atoms with van der Waals surface area (Å²) >= 11 is 3.31. The monoisotopic (exact) mass is 371 g/mol. The summed E-state index contributed by atoms with van der Waals surface area (Å²) in [5.41, 5.74) is 7.86. The van der Waals surface area contributed by atoms with Gasteiger partial charge in [0.1, 0.15) is 5.82 Å². The van der Waals surface area contributed by atoms with E-state index in [1.165, 1.54) is 12.1 Å². The zero-order chi connectivity index (χ0) is 15.6. The van der Waals surface area contributed by atoms with E-state index >= 15 is 0 Å². The van der Waals surface area contributed by atoms with Crippen LogP contribution in [0.1, 0.15) is 17.2 Å². The van der Waals surface area contributed by atoms with Crippen molar-refractivity contribution in [3.05, 3.63) is 63.9 Å². The van der Waals surface area contributed by atoms with Crippen LogP contribution in [0, 0.1) is 5.82 Å². The van der Waals surface area contributed by atoms with Crippen molar-refractivity contribution >= 4 is 25.8 Å². The molecule has 0 radical (unpaired) electrons. The molecule has 0 amide bonds. The first-order valence-corrected chi connectivity index (χ1v) is 8.95. The van der Waals surface area contributed by atoms with Crippen molar-refractivity contribution in [3.8, 4) is 0 Å². The van der Waals surface area contributed by atoms with Gasteiger partial charge in [-0.15, -0.1) is 0 Å². The molecule has 0 spiro atoms. The van der Waals surface area contributed by atoms with E-state index < -0.39 is 9.84 Å². The number of benzene rings is 2. The lowest BCUT2D eigenvalue weighted by molar-refractivity contribution is 0.601. The Morgan fingerprint density at radius 3 is 2.33 bits per heavy atom. The summed E-state index contributed by atoms with van der Waals surface area (Å²) in [6.07, 6.45) is 1.69. The standard InChI is InChI=1S/C15H15BrFNO2S/c1-21(19,20)13-6-3-10(4-7-13)15(18)8-11-2-5-12(17)9-14(11)16/h2-7,9,15H,8,18H2,1H3. The van der Waals surface area contributed by atoms with Gasteiger partial charge in [-0.25, -0.2) is 12.8 Å². The Labute approximate surface area is 132 Å². The van der Waals surface area contributed by atoms with Crippen LogP contribution in [0.25, 0.3) is 0 Å². The number of halogens is 2. The predicted molar refractivity (Wildman–Crippen MR) is 84.3 cm³/mol. The predicted octanol–water partition coefficient (Wildman–Crippen LogP) is 3.23. The summed E-state index contributed by atoms with van der Waals surface area (Å²) in [5.74, 6) is -0.309. The Kier molecular flexibility index (Phi) is 4.81. The molecule has 6 heteroatoms. The molecular formula is C15H15BrFNO2S. The molecule has 2 N–H and O–H groups in total. The van der Waals surface area contributed by atoms with Crippen molar-refractivity contribution in [2.75, 3.05) is 6.26 Å². The lowest BCUT2D eigenvalue weighted by Crippen LogP contribution is -2.14. The second-order valence-corrected chi connectivity index (χ2v) is 7.76. The molecule has 2 aromatic rings. The van der Waals surface area contributed by atoms with Gasteiger partial charge in [-0.2, -0.15) is 0 Å². The quantitative estimate of drug-likeness (QED) is 0.897. The molecule has 0 aromatic heterocycles. The summed E-state index contributed by atoms with van der Waals surface area (Å²) in [7, 11) is -3.21. The van der Waals surface area contributed by atoms with Gasteiger partial charge in [0.25, 0.3) is 0 Å². The van der Waals surface area contributed by atoms with Gasteiger partial charge in [0.15, 0.2) is 9.84 Å². The molecule has 21 heavy (non-hydrogen) atoms. The molecule has 3 nitrogen and oxygen atoms in total. The highest BCUT2D eigenvalue weighted by Gasteiger charge is 2.12. The molecule has 0 saturated heterocycles. The molecule has 0 aliphatic rings. The first-order valence-electron chi connectivity index (χ1n) is 6.27. The molecule has 1 unspecified atom stereocenters. The molecule has 2 aromatic carbocycles. The maximum atomic E-state index is 13.0. The van der Waals surface area contributed by atoms with Crippen LogP contribution in [0.2, 0.25) is 0 Å². The van der Waals surface area contributed by atoms with Gasteiger partial charge in [0.05, 0.1) is 4.90 Å². The van der Waals surface area contributed by atoms with Gasteiger partial charge in [0.2, 0.25) is 0 Å². The molecule has 0 heterocycles. The Hall–Kier alpha value is -1.24. The normalized spacial score (nSPS) is 13.1. The summed E-state index contributed by atoms with van der Waals surface area (Å²) in [6.45, 7) is 0. The Morgan fingerprint density at radius 2 is 1.81 bits per heavy atom. The number of sulfone groups is 1. The first-order chi connectivity index (χ1) is 9.77. The molecule has 0 fully saturated rings.